The van der Waals surface area contributed by atoms with Crippen LogP contribution in [0.1, 0.15) is 18.1 Å². The van der Waals surface area contributed by atoms with E-state index in [0.717, 1.165) is 28.6 Å². The zero-order valence-electron chi connectivity index (χ0n) is 13.1. The van der Waals surface area contributed by atoms with Gasteiger partial charge in [0.1, 0.15) is 5.92 Å². The van der Waals surface area contributed by atoms with Crippen molar-refractivity contribution in [1.29, 1.82) is 10.7 Å². The molecule has 0 aliphatic heterocycles. The molecule has 118 valence electrons. The molecule has 1 atom stereocenters. The highest BCUT2D eigenvalue weighted by Gasteiger charge is 2.22. The third kappa shape index (κ3) is 3.63. The standard InChI is InChI=1S/C15H16N6OS/c1-9-5-4-6-10(2)14(9)21-15(18-19-20-21)23-8-13(22)12(7-16)11(3)17/h4-6,12,17H,8H2,1-3H3/t12-/m0/s1. The molecule has 1 heterocycles. The van der Waals surface area contributed by atoms with Crippen molar-refractivity contribution in [2.24, 2.45) is 5.92 Å². The summed E-state index contributed by atoms with van der Waals surface area (Å²) in [6.45, 7) is 5.39. The number of rotatable bonds is 6. The van der Waals surface area contributed by atoms with E-state index in [9.17, 15) is 4.79 Å². The molecule has 0 saturated carbocycles. The molecule has 0 aliphatic carbocycles. The van der Waals surface area contributed by atoms with Crippen molar-refractivity contribution >= 4 is 23.3 Å². The fraction of sp³-hybridized carbons (Fsp3) is 0.333. The van der Waals surface area contributed by atoms with Crippen LogP contribution in [0.15, 0.2) is 23.4 Å². The minimum Gasteiger partial charge on any atom is -0.308 e. The summed E-state index contributed by atoms with van der Waals surface area (Å²) < 4.78 is 1.60. The Morgan fingerprint density at radius 1 is 1.43 bits per heavy atom. The second-order valence-corrected chi connectivity index (χ2v) is 6.06. The smallest absolute Gasteiger partial charge is 0.214 e. The predicted molar refractivity (Wildman–Crippen MR) is 86.9 cm³/mol. The molecule has 0 saturated heterocycles. The molecule has 0 radical (unpaired) electrons. The van der Waals surface area contributed by atoms with Gasteiger partial charge in [0, 0.05) is 5.71 Å². The monoisotopic (exact) mass is 328 g/mol. The second kappa shape index (κ2) is 7.15. The molecule has 2 rings (SSSR count). The molecular weight excluding hydrogens is 312 g/mol. The van der Waals surface area contributed by atoms with E-state index in [2.05, 4.69) is 15.5 Å². The van der Waals surface area contributed by atoms with Crippen LogP contribution in [0.4, 0.5) is 0 Å². The van der Waals surface area contributed by atoms with E-state index in [4.69, 9.17) is 10.7 Å². The lowest BCUT2D eigenvalue weighted by Crippen LogP contribution is -2.21. The number of thioether (sulfide) groups is 1. The van der Waals surface area contributed by atoms with E-state index in [1.54, 1.807) is 4.68 Å². The second-order valence-electron chi connectivity index (χ2n) is 5.11. The fourth-order valence-corrected chi connectivity index (χ4v) is 2.96. The number of nitrogens with zero attached hydrogens (tertiary/aromatic N) is 5. The first kappa shape index (κ1) is 16.8. The molecule has 0 fully saturated rings. The van der Waals surface area contributed by atoms with Gasteiger partial charge in [-0.25, -0.2) is 0 Å². The Kier molecular flexibility index (Phi) is 5.24. The van der Waals surface area contributed by atoms with E-state index in [-0.39, 0.29) is 17.2 Å². The van der Waals surface area contributed by atoms with E-state index in [1.165, 1.54) is 6.92 Å². The first-order valence-corrected chi connectivity index (χ1v) is 7.89. The first-order valence-electron chi connectivity index (χ1n) is 6.90. The van der Waals surface area contributed by atoms with Gasteiger partial charge in [-0.15, -0.1) is 5.10 Å². The van der Waals surface area contributed by atoms with Gasteiger partial charge in [-0.3, -0.25) is 4.79 Å². The quantitative estimate of drug-likeness (QED) is 0.642. The van der Waals surface area contributed by atoms with Crippen LogP contribution in [0, 0.1) is 36.5 Å². The van der Waals surface area contributed by atoms with Crippen molar-refractivity contribution in [2.75, 3.05) is 5.75 Å². The summed E-state index contributed by atoms with van der Waals surface area (Å²) in [7, 11) is 0. The maximum Gasteiger partial charge on any atom is 0.214 e. The van der Waals surface area contributed by atoms with Gasteiger partial charge >= 0.3 is 0 Å². The van der Waals surface area contributed by atoms with E-state index in [1.807, 2.05) is 38.1 Å². The third-order valence-electron chi connectivity index (χ3n) is 3.32. The Balaban J connectivity index is 2.22. The van der Waals surface area contributed by atoms with Gasteiger partial charge in [0.25, 0.3) is 0 Å². The minimum absolute atomic E-state index is 0.0414. The normalized spacial score (nSPS) is 11.7. The van der Waals surface area contributed by atoms with Crippen LogP contribution in [0.25, 0.3) is 5.69 Å². The number of tetrazole rings is 1. The molecule has 0 spiro atoms. The Morgan fingerprint density at radius 3 is 2.65 bits per heavy atom. The number of hydrogen-bond acceptors (Lipinski definition) is 7. The molecule has 2 aromatic rings. The number of nitriles is 1. The molecule has 1 N–H and O–H groups in total. The van der Waals surface area contributed by atoms with E-state index in [0.29, 0.717) is 5.16 Å². The highest BCUT2D eigenvalue weighted by molar-refractivity contribution is 7.99. The highest BCUT2D eigenvalue weighted by atomic mass is 32.2. The largest absolute Gasteiger partial charge is 0.308 e. The van der Waals surface area contributed by atoms with Gasteiger partial charge < -0.3 is 5.41 Å². The van der Waals surface area contributed by atoms with Crippen molar-refractivity contribution in [1.82, 2.24) is 20.2 Å². The lowest BCUT2D eigenvalue weighted by molar-refractivity contribution is -0.117. The Bertz CT molecular complexity index is 771. The van der Waals surface area contributed by atoms with Crippen LogP contribution in [0.2, 0.25) is 0 Å². The van der Waals surface area contributed by atoms with Crippen molar-refractivity contribution in [3.63, 3.8) is 0 Å². The number of nitrogens with one attached hydrogen (secondary N) is 1. The summed E-state index contributed by atoms with van der Waals surface area (Å²) in [4.78, 5) is 12.0. The number of Topliss-reactive ketones (excluding diaryl/α,β-unsaturated/α-hetero) is 1. The first-order chi connectivity index (χ1) is 11.0. The Hall–Kier alpha value is -2.53. The number of carbonyl (C=O) groups excluding carboxylic acids is 1. The van der Waals surface area contributed by atoms with Crippen LogP contribution < -0.4 is 0 Å². The molecule has 0 aliphatic rings. The maximum absolute atomic E-state index is 12.0. The van der Waals surface area contributed by atoms with Crippen LogP contribution in [0.5, 0.6) is 0 Å². The van der Waals surface area contributed by atoms with Crippen LogP contribution in [-0.2, 0) is 4.79 Å². The van der Waals surface area contributed by atoms with Crippen LogP contribution in [-0.4, -0.2) is 37.5 Å². The summed E-state index contributed by atoms with van der Waals surface area (Å²) in [6, 6.07) is 7.74. The molecule has 7 nitrogen and oxygen atoms in total. The number of hydrogen-bond donors (Lipinski definition) is 1. The van der Waals surface area contributed by atoms with Gasteiger partial charge in [0.05, 0.1) is 17.5 Å². The number of benzene rings is 1. The summed E-state index contributed by atoms with van der Waals surface area (Å²) in [5, 5.41) is 28.6. The summed E-state index contributed by atoms with van der Waals surface area (Å²) in [6.07, 6.45) is 0. The Morgan fingerprint density at radius 2 is 2.09 bits per heavy atom. The lowest BCUT2D eigenvalue weighted by atomic mass is 10.0. The van der Waals surface area contributed by atoms with Gasteiger partial charge in [0.2, 0.25) is 5.16 Å². The molecule has 1 aromatic heterocycles. The summed E-state index contributed by atoms with van der Waals surface area (Å²) >= 11 is 1.16. The summed E-state index contributed by atoms with van der Waals surface area (Å²) in [5.41, 5.74) is 2.98. The average molecular weight is 328 g/mol. The number of ketones is 1. The molecule has 0 unspecified atom stereocenters. The number of aryl methyl sites for hydroxylation is 2. The van der Waals surface area contributed by atoms with Gasteiger partial charge in [-0.2, -0.15) is 9.94 Å². The zero-order valence-corrected chi connectivity index (χ0v) is 13.9. The third-order valence-corrected chi connectivity index (χ3v) is 4.26. The number of aromatic nitrogens is 4. The van der Waals surface area contributed by atoms with E-state index < -0.39 is 5.92 Å². The highest BCUT2D eigenvalue weighted by Crippen LogP contribution is 2.23. The van der Waals surface area contributed by atoms with Gasteiger partial charge in [-0.1, -0.05) is 30.0 Å². The molecule has 23 heavy (non-hydrogen) atoms. The molecular formula is C15H16N6OS. The van der Waals surface area contributed by atoms with Gasteiger partial charge in [0.15, 0.2) is 5.78 Å². The van der Waals surface area contributed by atoms with Crippen molar-refractivity contribution < 1.29 is 4.79 Å². The molecule has 0 amide bonds. The maximum atomic E-state index is 12.0. The van der Waals surface area contributed by atoms with Crippen molar-refractivity contribution in [2.45, 2.75) is 25.9 Å². The predicted octanol–water partition coefficient (Wildman–Crippen LogP) is 2.12. The minimum atomic E-state index is -1.01. The Labute approximate surface area is 138 Å². The fourth-order valence-electron chi connectivity index (χ4n) is 2.18. The summed E-state index contributed by atoms with van der Waals surface area (Å²) in [5.74, 6) is -1.28. The topological polar surface area (TPSA) is 108 Å². The molecule has 1 aromatic carbocycles. The molecule has 0 bridgehead atoms. The van der Waals surface area contributed by atoms with Crippen LogP contribution >= 0.6 is 11.8 Å². The average Bonchev–Trinajstić information content (AvgIpc) is 2.93. The van der Waals surface area contributed by atoms with E-state index >= 15 is 0 Å². The SMILES string of the molecule is CC(=N)[C@H](C#N)C(=O)CSc1nnnn1-c1c(C)cccc1C. The lowest BCUT2D eigenvalue weighted by Gasteiger charge is -2.10. The van der Waals surface area contributed by atoms with Crippen LogP contribution in [0.3, 0.4) is 0 Å². The zero-order chi connectivity index (χ0) is 17.0. The van der Waals surface area contributed by atoms with Crippen molar-refractivity contribution in [3.05, 3.63) is 29.3 Å². The van der Waals surface area contributed by atoms with Crippen molar-refractivity contribution in [3.8, 4) is 11.8 Å². The number of para-hydroxylation sites is 1. The number of carbonyl (C=O) groups is 1. The molecule has 8 heteroatoms. The van der Waals surface area contributed by atoms with Gasteiger partial charge in [-0.05, 0) is 42.3 Å².